The number of hydrogen-bond donors (Lipinski definition) is 2. The van der Waals surface area contributed by atoms with Gasteiger partial charge in [-0.15, -0.1) is 0 Å². The van der Waals surface area contributed by atoms with Crippen LogP contribution in [0.25, 0.3) is 0 Å². The summed E-state index contributed by atoms with van der Waals surface area (Å²) in [6.45, 7) is 0.770. The number of allylic oxidation sites excluding steroid dienone is 3. The zero-order valence-electron chi connectivity index (χ0n) is 20.8. The minimum Gasteiger partial charge on any atom is -0.381 e. The first kappa shape index (κ1) is 23.1. The van der Waals surface area contributed by atoms with Gasteiger partial charge in [0.25, 0.3) is 5.91 Å². The third kappa shape index (κ3) is 4.04. The number of hydrogen-bond acceptors (Lipinski definition) is 4. The van der Waals surface area contributed by atoms with Crippen LogP contribution in [0.2, 0.25) is 0 Å². The Morgan fingerprint density at radius 2 is 1.97 bits per heavy atom. The van der Waals surface area contributed by atoms with Gasteiger partial charge < -0.3 is 20.1 Å². The van der Waals surface area contributed by atoms with Crippen LogP contribution in [0.1, 0.15) is 60.6 Å². The number of aromatic nitrogens is 2. The molecule has 0 spiro atoms. The molecule has 1 aromatic heterocycles. The van der Waals surface area contributed by atoms with Crippen LogP contribution >= 0.6 is 0 Å². The zero-order chi connectivity index (χ0) is 24.6. The van der Waals surface area contributed by atoms with Crippen LogP contribution in [-0.4, -0.2) is 44.9 Å². The number of nitrogens with one attached hydrogen (secondary N) is 2. The van der Waals surface area contributed by atoms with Crippen LogP contribution in [0.4, 0.5) is 5.69 Å². The summed E-state index contributed by atoms with van der Waals surface area (Å²) in [5, 5.41) is 7.04. The van der Waals surface area contributed by atoms with E-state index in [9.17, 15) is 9.59 Å². The first-order valence-electron chi connectivity index (χ1n) is 13.4. The molecular formula is C29H35N5O2. The molecule has 1 saturated heterocycles. The van der Waals surface area contributed by atoms with Gasteiger partial charge in [0.1, 0.15) is 5.69 Å². The van der Waals surface area contributed by atoms with Crippen LogP contribution in [0.5, 0.6) is 0 Å². The van der Waals surface area contributed by atoms with E-state index in [1.54, 1.807) is 17.1 Å². The molecule has 7 heteroatoms. The Hall–Kier alpha value is -3.35. The minimum atomic E-state index is -0.187. The summed E-state index contributed by atoms with van der Waals surface area (Å²) in [6.07, 6.45) is 17.8. The maximum absolute atomic E-state index is 14.2. The van der Waals surface area contributed by atoms with E-state index >= 15 is 0 Å². The number of anilines is 1. The van der Waals surface area contributed by atoms with Crippen molar-refractivity contribution in [3.05, 3.63) is 72.4 Å². The summed E-state index contributed by atoms with van der Waals surface area (Å²) in [6, 6.07) is 8.73. The molecule has 0 radical (unpaired) electrons. The number of likely N-dealkylation sites (tertiary alicyclic amines) is 1. The minimum absolute atomic E-state index is 0.0783. The van der Waals surface area contributed by atoms with Crippen molar-refractivity contribution in [3.63, 3.8) is 0 Å². The lowest BCUT2D eigenvalue weighted by Crippen LogP contribution is -2.51. The molecular weight excluding hydrogens is 450 g/mol. The molecule has 2 N–H and O–H groups in total. The van der Waals surface area contributed by atoms with Crippen molar-refractivity contribution in [2.24, 2.45) is 24.8 Å². The molecule has 6 rings (SSSR count). The number of carbonyl (C=O) groups is 2. The number of rotatable bonds is 4. The number of nitrogens with zero attached hydrogens (tertiary/aromatic N) is 3. The second kappa shape index (κ2) is 9.60. The first-order valence-corrected chi connectivity index (χ1v) is 13.4. The van der Waals surface area contributed by atoms with E-state index < -0.39 is 0 Å². The average Bonchev–Trinajstić information content (AvgIpc) is 3.55. The highest BCUT2D eigenvalue weighted by Crippen LogP contribution is 2.49. The largest absolute Gasteiger partial charge is 0.381 e. The van der Waals surface area contributed by atoms with Crippen molar-refractivity contribution in [1.82, 2.24) is 19.8 Å². The summed E-state index contributed by atoms with van der Waals surface area (Å²) >= 11 is 0. The van der Waals surface area contributed by atoms with Crippen LogP contribution in [0.3, 0.4) is 0 Å². The normalized spacial score (nSPS) is 30.9. The summed E-state index contributed by atoms with van der Waals surface area (Å²) in [5.41, 5.74) is 2.90. The van der Waals surface area contributed by atoms with E-state index in [0.29, 0.717) is 23.6 Å². The number of aryl methyl sites for hydroxylation is 1. The SMILES string of the molecule is Cn1cncc1C(=O)N[C@@H]1CCCC[C@@H]1C(=O)N1CC[C@@H]2[C@H](C3C=CC=CC3)Nc3ccccc3[C@@H]21. The van der Waals surface area contributed by atoms with E-state index in [1.165, 1.54) is 5.56 Å². The van der Waals surface area contributed by atoms with Gasteiger partial charge in [-0.1, -0.05) is 55.3 Å². The van der Waals surface area contributed by atoms with E-state index in [4.69, 9.17) is 0 Å². The Balaban J connectivity index is 1.26. The second-order valence-electron chi connectivity index (χ2n) is 10.8. The molecule has 188 valence electrons. The zero-order valence-corrected chi connectivity index (χ0v) is 20.8. The van der Waals surface area contributed by atoms with E-state index in [1.807, 2.05) is 7.05 Å². The molecule has 2 amide bonds. The number of benzene rings is 1. The van der Waals surface area contributed by atoms with Crippen molar-refractivity contribution in [3.8, 4) is 0 Å². The highest BCUT2D eigenvalue weighted by atomic mass is 16.2. The number of imidazole rings is 1. The Labute approximate surface area is 212 Å². The monoisotopic (exact) mass is 485 g/mol. The van der Waals surface area contributed by atoms with Crippen molar-refractivity contribution < 1.29 is 9.59 Å². The standard InChI is InChI=1S/C29H35N5O2/c1-33-18-30-17-25(33)28(35)32-24-14-8-6-12-21(24)29(36)34-16-15-22-26(19-9-3-2-4-10-19)31-23-13-7-5-11-20(23)27(22)34/h2-5,7,9,11,13,17-19,21-22,24,26-27,31H,6,8,10,12,14-16H2,1H3,(H,32,35)/t19?,21-,22+,24+,26-,27-/m0/s1. The molecule has 2 aliphatic carbocycles. The van der Waals surface area contributed by atoms with E-state index in [0.717, 1.165) is 50.8 Å². The fraction of sp³-hybridized carbons (Fsp3) is 0.483. The van der Waals surface area contributed by atoms with Crippen LogP contribution in [0, 0.1) is 17.8 Å². The Bertz CT molecular complexity index is 1200. The first-order chi connectivity index (χ1) is 17.6. The van der Waals surface area contributed by atoms with Crippen molar-refractivity contribution in [1.29, 1.82) is 0 Å². The number of amides is 2. The molecule has 4 aliphatic rings. The van der Waals surface area contributed by atoms with Crippen molar-refractivity contribution in [2.75, 3.05) is 11.9 Å². The van der Waals surface area contributed by atoms with Crippen LogP contribution in [0.15, 0.2) is 61.1 Å². The summed E-state index contributed by atoms with van der Waals surface area (Å²) in [4.78, 5) is 33.4. The van der Waals surface area contributed by atoms with E-state index in [-0.39, 0.29) is 29.8 Å². The third-order valence-corrected chi connectivity index (χ3v) is 8.71. The van der Waals surface area contributed by atoms with Gasteiger partial charge >= 0.3 is 0 Å². The fourth-order valence-corrected chi connectivity index (χ4v) is 6.93. The molecule has 0 bridgehead atoms. The van der Waals surface area contributed by atoms with Gasteiger partial charge in [-0.05, 0) is 37.3 Å². The van der Waals surface area contributed by atoms with Gasteiger partial charge in [0.05, 0.1) is 24.5 Å². The molecule has 2 aliphatic heterocycles. The fourth-order valence-electron chi connectivity index (χ4n) is 6.93. The lowest BCUT2D eigenvalue weighted by molar-refractivity contribution is -0.139. The maximum Gasteiger partial charge on any atom is 0.269 e. The van der Waals surface area contributed by atoms with Gasteiger partial charge in [0.15, 0.2) is 0 Å². The summed E-state index contributed by atoms with van der Waals surface area (Å²) in [5.74, 6) is 0.658. The molecule has 2 aromatic rings. The topological polar surface area (TPSA) is 79.3 Å². The van der Waals surface area contributed by atoms with Crippen molar-refractivity contribution >= 4 is 17.5 Å². The van der Waals surface area contributed by atoms with Gasteiger partial charge in [0, 0.05) is 43.2 Å². The van der Waals surface area contributed by atoms with Crippen molar-refractivity contribution in [2.45, 2.75) is 56.7 Å². The Morgan fingerprint density at radius 3 is 2.78 bits per heavy atom. The molecule has 1 saturated carbocycles. The summed E-state index contributed by atoms with van der Waals surface area (Å²) in [7, 11) is 1.82. The molecule has 7 nitrogen and oxygen atoms in total. The molecule has 1 unspecified atom stereocenters. The number of carbonyl (C=O) groups excluding carboxylic acids is 2. The van der Waals surface area contributed by atoms with Crippen LogP contribution < -0.4 is 10.6 Å². The average molecular weight is 486 g/mol. The third-order valence-electron chi connectivity index (χ3n) is 8.71. The van der Waals surface area contributed by atoms with Gasteiger partial charge in [-0.3, -0.25) is 9.59 Å². The maximum atomic E-state index is 14.2. The van der Waals surface area contributed by atoms with Gasteiger partial charge in [0.2, 0.25) is 5.91 Å². The molecule has 3 heterocycles. The second-order valence-corrected chi connectivity index (χ2v) is 10.8. The summed E-state index contributed by atoms with van der Waals surface area (Å²) < 4.78 is 1.72. The highest BCUT2D eigenvalue weighted by Gasteiger charge is 2.49. The smallest absolute Gasteiger partial charge is 0.269 e. The number of fused-ring (bicyclic) bond motifs is 3. The molecule has 2 fully saturated rings. The van der Waals surface area contributed by atoms with Gasteiger partial charge in [-0.2, -0.15) is 0 Å². The molecule has 1 aromatic carbocycles. The molecule has 6 atom stereocenters. The quantitative estimate of drug-likeness (QED) is 0.680. The van der Waals surface area contributed by atoms with Crippen LogP contribution in [-0.2, 0) is 11.8 Å². The number of para-hydroxylation sites is 1. The predicted octanol–water partition coefficient (Wildman–Crippen LogP) is 4.22. The van der Waals surface area contributed by atoms with Gasteiger partial charge in [-0.25, -0.2) is 4.98 Å². The lowest BCUT2D eigenvalue weighted by Gasteiger charge is -2.44. The highest BCUT2D eigenvalue weighted by molar-refractivity contribution is 5.93. The Morgan fingerprint density at radius 1 is 1.11 bits per heavy atom. The van der Waals surface area contributed by atoms with E-state index in [2.05, 4.69) is 69.1 Å². The lowest BCUT2D eigenvalue weighted by atomic mass is 9.75. The Kier molecular flexibility index (Phi) is 6.15. The molecule has 36 heavy (non-hydrogen) atoms. The predicted molar refractivity (Wildman–Crippen MR) is 139 cm³/mol.